The molecule has 0 aliphatic heterocycles. The molecule has 1 heterocycles. The second-order valence-corrected chi connectivity index (χ2v) is 3.34. The van der Waals surface area contributed by atoms with Crippen molar-refractivity contribution >= 4 is 24.6 Å². The number of nitrogens with one attached hydrogen (secondary N) is 1. The first kappa shape index (κ1) is 11.7. The number of thiol groups is 1. The Bertz CT molecular complexity index is 365. The molecule has 1 amide bonds. The van der Waals surface area contributed by atoms with Crippen LogP contribution in [-0.4, -0.2) is 16.6 Å². The summed E-state index contributed by atoms with van der Waals surface area (Å²) in [4.78, 5) is 15.1. The lowest BCUT2D eigenvalue weighted by Gasteiger charge is -1.99. The van der Waals surface area contributed by atoms with E-state index < -0.39 is 0 Å². The quantitative estimate of drug-likeness (QED) is 0.309. The van der Waals surface area contributed by atoms with Gasteiger partial charge >= 0.3 is 0 Å². The van der Waals surface area contributed by atoms with Crippen LogP contribution in [0.4, 0.5) is 0 Å². The van der Waals surface area contributed by atoms with Gasteiger partial charge in [0.2, 0.25) is 0 Å². The molecule has 0 bridgehead atoms. The molecule has 80 valence electrons. The van der Waals surface area contributed by atoms with E-state index in [1.807, 2.05) is 12.2 Å². The fourth-order valence-corrected chi connectivity index (χ4v) is 1.20. The zero-order valence-corrected chi connectivity index (χ0v) is 9.08. The van der Waals surface area contributed by atoms with E-state index in [4.69, 9.17) is 5.84 Å². The molecule has 0 aliphatic rings. The average Bonchev–Trinajstić information content (AvgIpc) is 2.29. The van der Waals surface area contributed by atoms with Gasteiger partial charge in [-0.25, -0.2) is 5.84 Å². The summed E-state index contributed by atoms with van der Waals surface area (Å²) >= 11 is 4.09. The Hall–Kier alpha value is -1.33. The number of hydrogen-bond donors (Lipinski definition) is 3. The lowest BCUT2D eigenvalue weighted by molar-refractivity contribution is 0.0953. The Morgan fingerprint density at radius 3 is 3.07 bits per heavy atom. The summed E-state index contributed by atoms with van der Waals surface area (Å²) < 4.78 is 0. The fraction of sp³-hybridized carbons (Fsp3) is 0.200. The first-order chi connectivity index (χ1) is 7.27. The predicted octanol–water partition coefficient (Wildman–Crippen LogP) is 1.02. The van der Waals surface area contributed by atoms with Crippen molar-refractivity contribution in [2.75, 3.05) is 5.75 Å². The number of nitrogen functional groups attached to an aromatic ring is 1. The number of allylic oxidation sites excluding steroid dienone is 1. The minimum absolute atomic E-state index is 0.341. The number of amides is 1. The van der Waals surface area contributed by atoms with Gasteiger partial charge in [-0.1, -0.05) is 12.2 Å². The van der Waals surface area contributed by atoms with Crippen LogP contribution in [0.25, 0.3) is 6.08 Å². The first-order valence-corrected chi connectivity index (χ1v) is 5.14. The third-order valence-electron chi connectivity index (χ3n) is 1.76. The van der Waals surface area contributed by atoms with Gasteiger partial charge in [-0.05, 0) is 23.8 Å². The molecule has 3 N–H and O–H groups in total. The van der Waals surface area contributed by atoms with Gasteiger partial charge in [0.25, 0.3) is 5.91 Å². The van der Waals surface area contributed by atoms with Crippen molar-refractivity contribution in [1.82, 2.24) is 10.4 Å². The van der Waals surface area contributed by atoms with Gasteiger partial charge in [0, 0.05) is 12.4 Å². The molecule has 0 unspecified atom stereocenters. The maximum Gasteiger partial charge on any atom is 0.266 e. The maximum absolute atomic E-state index is 11.2. The molecule has 15 heavy (non-hydrogen) atoms. The number of hydrazine groups is 1. The number of aromatic nitrogens is 1. The number of carbonyl (C=O) groups is 1. The molecule has 1 aromatic rings. The van der Waals surface area contributed by atoms with E-state index in [0.29, 0.717) is 5.56 Å². The van der Waals surface area contributed by atoms with E-state index in [0.717, 1.165) is 17.7 Å². The van der Waals surface area contributed by atoms with Gasteiger partial charge in [-0.3, -0.25) is 15.2 Å². The molecule has 0 saturated carbocycles. The van der Waals surface area contributed by atoms with Gasteiger partial charge in [0.05, 0.1) is 5.56 Å². The summed E-state index contributed by atoms with van der Waals surface area (Å²) in [6.07, 6.45) is 7.92. The predicted molar refractivity (Wildman–Crippen MR) is 63.4 cm³/mol. The number of carbonyl (C=O) groups excluding carboxylic acids is 1. The highest BCUT2D eigenvalue weighted by Gasteiger charge is 2.02. The minimum Gasteiger partial charge on any atom is -0.290 e. The standard InChI is InChI=1S/C10H13N3OS/c11-13-10(14)9-5-8(6-12-7-9)3-1-2-4-15/h1,3,5-7,15H,2,4,11H2,(H,13,14). The van der Waals surface area contributed by atoms with Crippen LogP contribution in [-0.2, 0) is 0 Å². The number of nitrogens with two attached hydrogens (primary N) is 1. The molecule has 0 atom stereocenters. The molecular formula is C10H13N3OS. The van der Waals surface area contributed by atoms with E-state index in [-0.39, 0.29) is 5.91 Å². The van der Waals surface area contributed by atoms with E-state index in [9.17, 15) is 4.79 Å². The van der Waals surface area contributed by atoms with Gasteiger partial charge in [0.15, 0.2) is 0 Å². The third kappa shape index (κ3) is 3.73. The monoisotopic (exact) mass is 223 g/mol. The molecule has 0 aromatic carbocycles. The number of pyridine rings is 1. The second kappa shape index (κ2) is 6.21. The van der Waals surface area contributed by atoms with Gasteiger partial charge in [-0.15, -0.1) is 0 Å². The minimum atomic E-state index is -0.341. The van der Waals surface area contributed by atoms with Crippen molar-refractivity contribution in [2.24, 2.45) is 5.84 Å². The Kier molecular flexibility index (Phi) is 4.86. The SMILES string of the molecule is NNC(=O)c1cncc(C=CCCS)c1. The van der Waals surface area contributed by atoms with Gasteiger partial charge < -0.3 is 0 Å². The smallest absolute Gasteiger partial charge is 0.266 e. The van der Waals surface area contributed by atoms with Crippen LogP contribution >= 0.6 is 12.6 Å². The Morgan fingerprint density at radius 1 is 1.60 bits per heavy atom. The van der Waals surface area contributed by atoms with Crippen LogP contribution in [0.3, 0.4) is 0 Å². The molecule has 1 aromatic heterocycles. The summed E-state index contributed by atoms with van der Waals surface area (Å²) in [6, 6.07) is 1.73. The molecular weight excluding hydrogens is 210 g/mol. The van der Waals surface area contributed by atoms with E-state index in [1.165, 1.54) is 6.20 Å². The highest BCUT2D eigenvalue weighted by molar-refractivity contribution is 7.80. The zero-order chi connectivity index (χ0) is 11.1. The van der Waals surface area contributed by atoms with Gasteiger partial charge in [0.1, 0.15) is 0 Å². The third-order valence-corrected chi connectivity index (χ3v) is 2.02. The van der Waals surface area contributed by atoms with Crippen LogP contribution in [0.15, 0.2) is 24.5 Å². The molecule has 5 heteroatoms. The van der Waals surface area contributed by atoms with E-state index in [2.05, 4.69) is 23.0 Å². The summed E-state index contributed by atoms with van der Waals surface area (Å²) in [7, 11) is 0. The average molecular weight is 223 g/mol. The lowest BCUT2D eigenvalue weighted by atomic mass is 10.2. The van der Waals surface area contributed by atoms with Crippen molar-refractivity contribution in [2.45, 2.75) is 6.42 Å². The maximum atomic E-state index is 11.2. The summed E-state index contributed by atoms with van der Waals surface area (Å²) in [6.45, 7) is 0. The molecule has 0 spiro atoms. The highest BCUT2D eigenvalue weighted by Crippen LogP contribution is 2.05. The number of rotatable bonds is 4. The number of hydrogen-bond acceptors (Lipinski definition) is 4. The molecule has 0 fully saturated rings. The topological polar surface area (TPSA) is 68.0 Å². The Morgan fingerprint density at radius 2 is 2.40 bits per heavy atom. The van der Waals surface area contributed by atoms with Crippen molar-refractivity contribution in [3.8, 4) is 0 Å². The Balaban J connectivity index is 2.78. The molecule has 4 nitrogen and oxygen atoms in total. The largest absolute Gasteiger partial charge is 0.290 e. The van der Waals surface area contributed by atoms with Crippen molar-refractivity contribution < 1.29 is 4.79 Å². The first-order valence-electron chi connectivity index (χ1n) is 4.51. The summed E-state index contributed by atoms with van der Waals surface area (Å²) in [5.74, 6) is 5.48. The van der Waals surface area contributed by atoms with Crippen LogP contribution < -0.4 is 11.3 Å². The summed E-state index contributed by atoms with van der Waals surface area (Å²) in [5, 5.41) is 0. The number of nitrogens with zero attached hydrogens (tertiary/aromatic N) is 1. The van der Waals surface area contributed by atoms with Crippen LogP contribution in [0.5, 0.6) is 0 Å². The fourth-order valence-electron chi connectivity index (χ4n) is 1.05. The summed E-state index contributed by atoms with van der Waals surface area (Å²) in [5.41, 5.74) is 3.38. The van der Waals surface area contributed by atoms with Crippen molar-refractivity contribution in [3.63, 3.8) is 0 Å². The Labute approximate surface area is 94.0 Å². The van der Waals surface area contributed by atoms with Crippen LogP contribution in [0.1, 0.15) is 22.3 Å². The van der Waals surface area contributed by atoms with Crippen molar-refractivity contribution in [3.05, 3.63) is 35.7 Å². The normalized spacial score (nSPS) is 10.5. The van der Waals surface area contributed by atoms with E-state index in [1.54, 1.807) is 12.3 Å². The zero-order valence-electron chi connectivity index (χ0n) is 8.18. The van der Waals surface area contributed by atoms with E-state index >= 15 is 0 Å². The highest BCUT2D eigenvalue weighted by atomic mass is 32.1. The molecule has 1 rings (SSSR count). The molecule has 0 aliphatic carbocycles. The second-order valence-electron chi connectivity index (χ2n) is 2.90. The lowest BCUT2D eigenvalue weighted by Crippen LogP contribution is -2.30. The van der Waals surface area contributed by atoms with Crippen molar-refractivity contribution in [1.29, 1.82) is 0 Å². The van der Waals surface area contributed by atoms with Crippen LogP contribution in [0, 0.1) is 0 Å². The molecule has 0 saturated heterocycles. The molecule has 0 radical (unpaired) electrons. The van der Waals surface area contributed by atoms with Gasteiger partial charge in [-0.2, -0.15) is 12.6 Å². The van der Waals surface area contributed by atoms with Crippen LogP contribution in [0.2, 0.25) is 0 Å².